The summed E-state index contributed by atoms with van der Waals surface area (Å²) < 4.78 is 0. The zero-order valence-corrected chi connectivity index (χ0v) is 12.6. The van der Waals surface area contributed by atoms with Gasteiger partial charge in [-0.3, -0.25) is 9.69 Å². The van der Waals surface area contributed by atoms with Gasteiger partial charge in [-0.2, -0.15) is 0 Å². The summed E-state index contributed by atoms with van der Waals surface area (Å²) in [6.07, 6.45) is 0.833. The second kappa shape index (κ2) is 6.46. The number of benzene rings is 1. The van der Waals surface area contributed by atoms with Gasteiger partial charge in [0.1, 0.15) is 6.04 Å². The standard InChI is InChI=1S/C15H19N3O4/c1-10(14(20)21)17(2)13(19)11-5-3-6-12(9-11)18-8-4-7-16-15(18)22/h3,5-6,9-10H,4,7-8H2,1-2H3,(H,16,22)(H,20,21). The second-order valence-corrected chi connectivity index (χ2v) is 5.22. The van der Waals surface area contributed by atoms with Crippen molar-refractivity contribution in [3.8, 4) is 0 Å². The number of carboxylic acids is 1. The number of carboxylic acid groups (broad SMARTS) is 1. The molecule has 3 amide bonds. The van der Waals surface area contributed by atoms with Crippen LogP contribution in [0.2, 0.25) is 0 Å². The first-order valence-corrected chi connectivity index (χ1v) is 7.07. The van der Waals surface area contributed by atoms with Gasteiger partial charge in [-0.25, -0.2) is 9.59 Å². The lowest BCUT2D eigenvalue weighted by atomic mass is 10.1. The maximum atomic E-state index is 12.4. The molecule has 7 heteroatoms. The number of hydrogen-bond acceptors (Lipinski definition) is 3. The maximum absolute atomic E-state index is 12.4. The number of carbonyl (C=O) groups is 3. The molecule has 0 saturated carbocycles. The lowest BCUT2D eigenvalue weighted by Gasteiger charge is -2.28. The Balaban J connectivity index is 2.22. The molecule has 0 aromatic heterocycles. The number of likely N-dealkylation sites (N-methyl/N-ethyl adjacent to an activating group) is 1. The van der Waals surface area contributed by atoms with Crippen molar-refractivity contribution in [3.05, 3.63) is 29.8 Å². The van der Waals surface area contributed by atoms with Gasteiger partial charge >= 0.3 is 12.0 Å². The van der Waals surface area contributed by atoms with Crippen LogP contribution in [0.1, 0.15) is 23.7 Å². The topological polar surface area (TPSA) is 89.9 Å². The van der Waals surface area contributed by atoms with E-state index in [1.54, 1.807) is 29.2 Å². The van der Waals surface area contributed by atoms with Crippen LogP contribution in [0.5, 0.6) is 0 Å². The van der Waals surface area contributed by atoms with E-state index in [2.05, 4.69) is 5.32 Å². The van der Waals surface area contributed by atoms with E-state index in [4.69, 9.17) is 5.11 Å². The molecule has 0 bridgehead atoms. The van der Waals surface area contributed by atoms with Crippen LogP contribution in [0.3, 0.4) is 0 Å². The molecule has 1 aromatic rings. The average Bonchev–Trinajstić information content (AvgIpc) is 2.53. The molecule has 0 aliphatic carbocycles. The minimum atomic E-state index is -1.07. The van der Waals surface area contributed by atoms with Crippen LogP contribution in [0, 0.1) is 0 Å². The molecule has 0 spiro atoms. The van der Waals surface area contributed by atoms with Crippen LogP contribution < -0.4 is 10.2 Å². The third-order valence-electron chi connectivity index (χ3n) is 3.74. The van der Waals surface area contributed by atoms with Crippen molar-refractivity contribution in [2.24, 2.45) is 0 Å². The predicted molar refractivity (Wildman–Crippen MR) is 81.0 cm³/mol. The Morgan fingerprint density at radius 2 is 2.14 bits per heavy atom. The SMILES string of the molecule is CC(C(=O)O)N(C)C(=O)c1cccc(N2CCCNC2=O)c1. The molecule has 1 unspecified atom stereocenters. The van der Waals surface area contributed by atoms with Crippen LogP contribution in [-0.2, 0) is 4.79 Å². The zero-order chi connectivity index (χ0) is 16.3. The minimum absolute atomic E-state index is 0.192. The van der Waals surface area contributed by atoms with Crippen molar-refractivity contribution in [3.63, 3.8) is 0 Å². The lowest BCUT2D eigenvalue weighted by Crippen LogP contribution is -2.46. The molecule has 2 rings (SSSR count). The zero-order valence-electron chi connectivity index (χ0n) is 12.6. The monoisotopic (exact) mass is 305 g/mol. The summed E-state index contributed by atoms with van der Waals surface area (Å²) in [5.41, 5.74) is 0.978. The number of hydrogen-bond donors (Lipinski definition) is 2. The molecule has 22 heavy (non-hydrogen) atoms. The van der Waals surface area contributed by atoms with Crippen molar-refractivity contribution in [1.29, 1.82) is 0 Å². The van der Waals surface area contributed by atoms with Gasteiger partial charge in [-0.15, -0.1) is 0 Å². The Morgan fingerprint density at radius 3 is 2.77 bits per heavy atom. The summed E-state index contributed by atoms with van der Waals surface area (Å²) in [7, 11) is 1.45. The first-order valence-electron chi connectivity index (χ1n) is 7.07. The van der Waals surface area contributed by atoms with E-state index in [1.807, 2.05) is 0 Å². The molecule has 1 aliphatic heterocycles. The van der Waals surface area contributed by atoms with E-state index in [1.165, 1.54) is 14.0 Å². The Hall–Kier alpha value is -2.57. The van der Waals surface area contributed by atoms with Gasteiger partial charge in [0.2, 0.25) is 0 Å². The Labute approximate surface area is 128 Å². The smallest absolute Gasteiger partial charge is 0.326 e. The van der Waals surface area contributed by atoms with E-state index in [-0.39, 0.29) is 6.03 Å². The normalized spacial score (nSPS) is 15.9. The molecule has 2 N–H and O–H groups in total. The van der Waals surface area contributed by atoms with Crippen molar-refractivity contribution in [2.75, 3.05) is 25.0 Å². The second-order valence-electron chi connectivity index (χ2n) is 5.22. The Morgan fingerprint density at radius 1 is 1.41 bits per heavy atom. The molecule has 1 aromatic carbocycles. The van der Waals surface area contributed by atoms with Crippen LogP contribution in [0.15, 0.2) is 24.3 Å². The van der Waals surface area contributed by atoms with E-state index >= 15 is 0 Å². The highest BCUT2D eigenvalue weighted by molar-refractivity contribution is 5.99. The van der Waals surface area contributed by atoms with Gasteiger partial charge in [0.05, 0.1) is 0 Å². The van der Waals surface area contributed by atoms with Crippen LogP contribution >= 0.6 is 0 Å². The summed E-state index contributed by atoms with van der Waals surface area (Å²) in [5, 5.41) is 11.7. The summed E-state index contributed by atoms with van der Waals surface area (Å²) in [6, 6.07) is 5.54. The van der Waals surface area contributed by atoms with Crippen molar-refractivity contribution < 1.29 is 19.5 Å². The average molecular weight is 305 g/mol. The van der Waals surface area contributed by atoms with E-state index in [0.29, 0.717) is 24.3 Å². The Bertz CT molecular complexity index is 602. The fourth-order valence-corrected chi connectivity index (χ4v) is 2.23. The largest absolute Gasteiger partial charge is 0.480 e. The molecular formula is C15H19N3O4. The molecular weight excluding hydrogens is 286 g/mol. The number of aliphatic carboxylic acids is 1. The van der Waals surface area contributed by atoms with E-state index in [9.17, 15) is 14.4 Å². The lowest BCUT2D eigenvalue weighted by molar-refractivity contribution is -0.141. The molecule has 118 valence electrons. The van der Waals surface area contributed by atoms with Gasteiger partial charge in [-0.1, -0.05) is 6.07 Å². The van der Waals surface area contributed by atoms with Gasteiger partial charge in [0, 0.05) is 31.4 Å². The van der Waals surface area contributed by atoms with Gasteiger partial charge in [0.15, 0.2) is 0 Å². The number of anilines is 1. The summed E-state index contributed by atoms with van der Waals surface area (Å²) in [5.74, 6) is -1.46. The number of carbonyl (C=O) groups excluding carboxylic acids is 2. The first kappa shape index (κ1) is 15.8. The molecule has 1 atom stereocenters. The van der Waals surface area contributed by atoms with Gasteiger partial charge < -0.3 is 15.3 Å². The first-order chi connectivity index (χ1) is 10.4. The third-order valence-corrected chi connectivity index (χ3v) is 3.74. The van der Waals surface area contributed by atoms with E-state index in [0.717, 1.165) is 11.3 Å². The highest BCUT2D eigenvalue weighted by Crippen LogP contribution is 2.19. The van der Waals surface area contributed by atoms with Gasteiger partial charge in [0.25, 0.3) is 5.91 Å². The minimum Gasteiger partial charge on any atom is -0.480 e. The molecule has 0 radical (unpaired) electrons. The summed E-state index contributed by atoms with van der Waals surface area (Å²) in [4.78, 5) is 37.9. The van der Waals surface area contributed by atoms with Crippen LogP contribution in [-0.4, -0.2) is 54.1 Å². The summed E-state index contributed by atoms with van der Waals surface area (Å²) in [6.45, 7) is 2.68. The summed E-state index contributed by atoms with van der Waals surface area (Å²) >= 11 is 0. The fourth-order valence-electron chi connectivity index (χ4n) is 2.23. The number of urea groups is 1. The van der Waals surface area contributed by atoms with Gasteiger partial charge in [-0.05, 0) is 31.5 Å². The molecule has 1 heterocycles. The number of nitrogens with zero attached hydrogens (tertiary/aromatic N) is 2. The molecule has 7 nitrogen and oxygen atoms in total. The Kier molecular flexibility index (Phi) is 4.65. The highest BCUT2D eigenvalue weighted by Gasteiger charge is 2.24. The van der Waals surface area contributed by atoms with Crippen molar-refractivity contribution in [2.45, 2.75) is 19.4 Å². The number of nitrogens with one attached hydrogen (secondary N) is 1. The third kappa shape index (κ3) is 3.19. The molecule has 1 saturated heterocycles. The quantitative estimate of drug-likeness (QED) is 0.873. The highest BCUT2D eigenvalue weighted by atomic mass is 16.4. The number of rotatable bonds is 4. The maximum Gasteiger partial charge on any atom is 0.326 e. The van der Waals surface area contributed by atoms with Crippen LogP contribution in [0.4, 0.5) is 10.5 Å². The van der Waals surface area contributed by atoms with Crippen LogP contribution in [0.25, 0.3) is 0 Å². The molecule has 1 aliphatic rings. The van der Waals surface area contributed by atoms with Crippen molar-refractivity contribution >= 4 is 23.6 Å². The fraction of sp³-hybridized carbons (Fsp3) is 0.400. The molecule has 1 fully saturated rings. The van der Waals surface area contributed by atoms with E-state index < -0.39 is 17.9 Å². The predicted octanol–water partition coefficient (Wildman–Crippen LogP) is 1.15. The van der Waals surface area contributed by atoms with Crippen molar-refractivity contribution in [1.82, 2.24) is 10.2 Å². The number of amides is 3.